The molecule has 1 aromatic heterocycles. The highest BCUT2D eigenvalue weighted by molar-refractivity contribution is 14.0. The van der Waals surface area contributed by atoms with Gasteiger partial charge in [-0.2, -0.15) is 0 Å². The fraction of sp³-hybridized carbons (Fsp3) is 0.333. The molecule has 0 saturated carbocycles. The van der Waals surface area contributed by atoms with Gasteiger partial charge in [0.1, 0.15) is 0 Å². The molecule has 0 aliphatic rings. The van der Waals surface area contributed by atoms with E-state index in [1.807, 2.05) is 36.4 Å². The van der Waals surface area contributed by atoms with Crippen LogP contribution in [0.3, 0.4) is 0 Å². The summed E-state index contributed by atoms with van der Waals surface area (Å²) in [5.41, 5.74) is 8.15. The van der Waals surface area contributed by atoms with E-state index < -0.39 is 0 Å². The van der Waals surface area contributed by atoms with Crippen LogP contribution in [0.5, 0.6) is 0 Å². The fourth-order valence-electron chi connectivity index (χ4n) is 2.19. The maximum atomic E-state index is 5.92. The maximum absolute atomic E-state index is 5.92. The van der Waals surface area contributed by atoms with Crippen molar-refractivity contribution in [2.45, 2.75) is 19.4 Å². The third kappa shape index (κ3) is 6.74. The van der Waals surface area contributed by atoms with E-state index in [-0.39, 0.29) is 30.0 Å². The number of rotatable bonds is 7. The molecular formula is C18H26IN5. The topological polar surface area (TPSA) is 66.5 Å². The smallest absolute Gasteiger partial charge is 0.188 e. The average Bonchev–Trinajstić information content (AvgIpc) is 2.60. The molecule has 6 heteroatoms. The molecule has 0 aliphatic carbocycles. The number of anilines is 1. The first-order valence-electron chi connectivity index (χ1n) is 7.88. The van der Waals surface area contributed by atoms with Gasteiger partial charge in [-0.05, 0) is 31.2 Å². The molecule has 0 amide bonds. The van der Waals surface area contributed by atoms with Crippen LogP contribution in [0.4, 0.5) is 5.69 Å². The molecule has 0 bridgehead atoms. The molecule has 24 heavy (non-hydrogen) atoms. The number of hydrogen-bond donors (Lipinski definition) is 2. The second kappa shape index (κ2) is 10.9. The SMILES string of the molecule is CC(CN=C(N)NCCc1ccccn1)N(C)c1ccccc1.I. The van der Waals surface area contributed by atoms with Crippen LogP contribution in [0.2, 0.25) is 0 Å². The van der Waals surface area contributed by atoms with Crippen molar-refractivity contribution >= 4 is 35.6 Å². The Kier molecular flexibility index (Phi) is 9.14. The van der Waals surface area contributed by atoms with Crippen LogP contribution in [-0.4, -0.2) is 37.1 Å². The zero-order chi connectivity index (χ0) is 16.5. The molecule has 130 valence electrons. The zero-order valence-electron chi connectivity index (χ0n) is 14.2. The van der Waals surface area contributed by atoms with Crippen molar-refractivity contribution < 1.29 is 0 Å². The Balaban J connectivity index is 0.00000288. The Morgan fingerprint density at radius 3 is 2.58 bits per heavy atom. The first-order chi connectivity index (χ1) is 11.2. The molecule has 1 unspecified atom stereocenters. The van der Waals surface area contributed by atoms with E-state index in [0.29, 0.717) is 12.5 Å². The number of aromatic nitrogens is 1. The van der Waals surface area contributed by atoms with Crippen molar-refractivity contribution in [3.63, 3.8) is 0 Å². The van der Waals surface area contributed by atoms with Crippen LogP contribution >= 0.6 is 24.0 Å². The van der Waals surface area contributed by atoms with Gasteiger partial charge in [0.25, 0.3) is 0 Å². The minimum atomic E-state index is 0. The van der Waals surface area contributed by atoms with Crippen molar-refractivity contribution in [3.8, 4) is 0 Å². The number of nitrogens with one attached hydrogen (secondary N) is 1. The fourth-order valence-corrected chi connectivity index (χ4v) is 2.19. The number of nitrogens with two attached hydrogens (primary N) is 1. The van der Waals surface area contributed by atoms with Crippen LogP contribution in [0, 0.1) is 0 Å². The third-order valence-electron chi connectivity index (χ3n) is 3.76. The molecule has 2 aromatic rings. The molecular weight excluding hydrogens is 413 g/mol. The lowest BCUT2D eigenvalue weighted by molar-refractivity contribution is 0.691. The highest BCUT2D eigenvalue weighted by Crippen LogP contribution is 2.13. The summed E-state index contributed by atoms with van der Waals surface area (Å²) < 4.78 is 0. The van der Waals surface area contributed by atoms with Crippen molar-refractivity contribution in [1.29, 1.82) is 0 Å². The number of para-hydroxylation sites is 1. The molecule has 0 fully saturated rings. The van der Waals surface area contributed by atoms with Crippen LogP contribution in [0.1, 0.15) is 12.6 Å². The lowest BCUT2D eigenvalue weighted by Gasteiger charge is -2.25. The Bertz CT molecular complexity index is 603. The summed E-state index contributed by atoms with van der Waals surface area (Å²) in [7, 11) is 2.07. The van der Waals surface area contributed by atoms with Gasteiger partial charge in [0.05, 0.1) is 6.54 Å². The Morgan fingerprint density at radius 2 is 1.92 bits per heavy atom. The van der Waals surface area contributed by atoms with Gasteiger partial charge < -0.3 is 16.0 Å². The Labute approximate surface area is 161 Å². The molecule has 0 radical (unpaired) electrons. The van der Waals surface area contributed by atoms with E-state index in [9.17, 15) is 0 Å². The quantitative estimate of drug-likeness (QED) is 0.396. The number of guanidine groups is 1. The van der Waals surface area contributed by atoms with E-state index in [1.54, 1.807) is 6.20 Å². The number of likely N-dealkylation sites (N-methyl/N-ethyl adjacent to an activating group) is 1. The van der Waals surface area contributed by atoms with E-state index in [4.69, 9.17) is 5.73 Å². The second-order valence-corrected chi connectivity index (χ2v) is 5.52. The monoisotopic (exact) mass is 439 g/mol. The normalized spacial score (nSPS) is 12.2. The number of aliphatic imine (C=N–C) groups is 1. The van der Waals surface area contributed by atoms with Crippen LogP contribution < -0.4 is 16.0 Å². The minimum absolute atomic E-state index is 0. The average molecular weight is 439 g/mol. The number of benzene rings is 1. The van der Waals surface area contributed by atoms with E-state index in [0.717, 1.165) is 18.7 Å². The van der Waals surface area contributed by atoms with Gasteiger partial charge in [-0.1, -0.05) is 24.3 Å². The molecule has 0 saturated heterocycles. The molecule has 5 nitrogen and oxygen atoms in total. The summed E-state index contributed by atoms with van der Waals surface area (Å²) in [5, 5.41) is 3.13. The Hall–Kier alpha value is -1.83. The van der Waals surface area contributed by atoms with Gasteiger partial charge in [0, 0.05) is 43.6 Å². The molecule has 1 atom stereocenters. The standard InChI is InChI=1S/C18H25N5.HI/c1-15(23(2)17-9-4-3-5-10-17)14-22-18(19)21-13-11-16-8-6-7-12-20-16;/h3-10,12,15H,11,13-14H2,1-2H3,(H3,19,21,22);1H. The van der Waals surface area contributed by atoms with Gasteiger partial charge >= 0.3 is 0 Å². The third-order valence-corrected chi connectivity index (χ3v) is 3.76. The van der Waals surface area contributed by atoms with Gasteiger partial charge in [0.15, 0.2) is 5.96 Å². The highest BCUT2D eigenvalue weighted by atomic mass is 127. The Morgan fingerprint density at radius 1 is 1.21 bits per heavy atom. The lowest BCUT2D eigenvalue weighted by atomic mass is 10.2. The second-order valence-electron chi connectivity index (χ2n) is 5.52. The summed E-state index contributed by atoms with van der Waals surface area (Å²) in [6.45, 7) is 3.51. The lowest BCUT2D eigenvalue weighted by Crippen LogP contribution is -2.36. The first kappa shape index (κ1) is 20.2. The number of nitrogens with zero attached hydrogens (tertiary/aromatic N) is 3. The van der Waals surface area contributed by atoms with Crippen molar-refractivity contribution in [2.24, 2.45) is 10.7 Å². The van der Waals surface area contributed by atoms with Crippen LogP contribution in [-0.2, 0) is 6.42 Å². The molecule has 1 aromatic carbocycles. The minimum Gasteiger partial charge on any atom is -0.370 e. The predicted octanol–water partition coefficient (Wildman–Crippen LogP) is 2.67. The summed E-state index contributed by atoms with van der Waals surface area (Å²) >= 11 is 0. The molecule has 1 heterocycles. The van der Waals surface area contributed by atoms with E-state index in [1.165, 1.54) is 5.69 Å². The highest BCUT2D eigenvalue weighted by Gasteiger charge is 2.09. The van der Waals surface area contributed by atoms with Crippen molar-refractivity contribution in [3.05, 3.63) is 60.4 Å². The van der Waals surface area contributed by atoms with E-state index in [2.05, 4.69) is 46.3 Å². The maximum Gasteiger partial charge on any atom is 0.188 e. The number of halogens is 1. The molecule has 2 rings (SSSR count). The number of pyridine rings is 1. The first-order valence-corrected chi connectivity index (χ1v) is 7.88. The van der Waals surface area contributed by atoms with E-state index >= 15 is 0 Å². The molecule has 0 aliphatic heterocycles. The van der Waals surface area contributed by atoms with Crippen LogP contribution in [0.15, 0.2) is 59.7 Å². The number of hydrogen-bond acceptors (Lipinski definition) is 3. The van der Waals surface area contributed by atoms with Gasteiger partial charge in [-0.25, -0.2) is 0 Å². The largest absolute Gasteiger partial charge is 0.370 e. The molecule has 0 spiro atoms. The summed E-state index contributed by atoms with van der Waals surface area (Å²) in [5.74, 6) is 0.481. The summed E-state index contributed by atoms with van der Waals surface area (Å²) in [4.78, 5) is 10.9. The summed E-state index contributed by atoms with van der Waals surface area (Å²) in [6.07, 6.45) is 2.63. The van der Waals surface area contributed by atoms with Gasteiger partial charge in [-0.15, -0.1) is 24.0 Å². The predicted molar refractivity (Wildman–Crippen MR) is 112 cm³/mol. The molecule has 3 N–H and O–H groups in total. The van der Waals surface area contributed by atoms with Crippen LogP contribution in [0.25, 0.3) is 0 Å². The zero-order valence-corrected chi connectivity index (χ0v) is 16.6. The summed E-state index contributed by atoms with van der Waals surface area (Å²) in [6, 6.07) is 16.5. The van der Waals surface area contributed by atoms with Crippen molar-refractivity contribution in [1.82, 2.24) is 10.3 Å². The van der Waals surface area contributed by atoms with Gasteiger partial charge in [-0.3, -0.25) is 9.98 Å². The van der Waals surface area contributed by atoms with Gasteiger partial charge in [0.2, 0.25) is 0 Å². The van der Waals surface area contributed by atoms with Crippen molar-refractivity contribution in [2.75, 3.05) is 25.0 Å².